The summed E-state index contributed by atoms with van der Waals surface area (Å²) >= 11 is 0. The largest absolute Gasteiger partial charge is 0.329 e. The molecule has 1 aliphatic rings. The maximum atomic E-state index is 5.99. The molecule has 0 aromatic rings. The van der Waals surface area contributed by atoms with E-state index in [0.717, 1.165) is 12.5 Å². The van der Waals surface area contributed by atoms with Crippen LogP contribution in [0.3, 0.4) is 0 Å². The molecule has 84 valence electrons. The lowest BCUT2D eigenvalue weighted by atomic mass is 9.88. The van der Waals surface area contributed by atoms with Gasteiger partial charge < -0.3 is 5.73 Å². The van der Waals surface area contributed by atoms with Crippen molar-refractivity contribution in [3.05, 3.63) is 0 Å². The van der Waals surface area contributed by atoms with E-state index in [4.69, 9.17) is 5.73 Å². The summed E-state index contributed by atoms with van der Waals surface area (Å²) in [5, 5.41) is 0. The van der Waals surface area contributed by atoms with Gasteiger partial charge in [0.05, 0.1) is 0 Å². The molecule has 0 spiro atoms. The second kappa shape index (κ2) is 5.13. The molecule has 0 heterocycles. The van der Waals surface area contributed by atoms with Gasteiger partial charge in [-0.3, -0.25) is 4.90 Å². The minimum Gasteiger partial charge on any atom is -0.329 e. The molecule has 0 aliphatic heterocycles. The lowest BCUT2D eigenvalue weighted by Gasteiger charge is -2.41. The van der Waals surface area contributed by atoms with Crippen molar-refractivity contribution in [2.45, 2.75) is 51.5 Å². The summed E-state index contributed by atoms with van der Waals surface area (Å²) in [5.41, 5.74) is 6.30. The van der Waals surface area contributed by atoms with Gasteiger partial charge in [-0.15, -0.1) is 0 Å². The highest BCUT2D eigenvalue weighted by molar-refractivity contribution is 5.01. The Morgan fingerprint density at radius 2 is 2.00 bits per heavy atom. The highest BCUT2D eigenvalue weighted by Crippen LogP contribution is 2.44. The first kappa shape index (κ1) is 12.0. The number of nitrogens with zero attached hydrogens (tertiary/aromatic N) is 1. The zero-order chi connectivity index (χ0) is 10.6. The molecular formula is C12H26N2. The summed E-state index contributed by atoms with van der Waals surface area (Å²) in [6, 6.07) is 0. The first-order chi connectivity index (χ1) is 6.71. The standard InChI is InChI=1S/C12H26N2/c1-4-6-9-14(3)12(5-2,10-13)11-7-8-11/h11H,4-10,13H2,1-3H3. The van der Waals surface area contributed by atoms with Gasteiger partial charge in [0.25, 0.3) is 0 Å². The van der Waals surface area contributed by atoms with Crippen molar-refractivity contribution in [1.82, 2.24) is 4.90 Å². The van der Waals surface area contributed by atoms with Crippen LogP contribution < -0.4 is 5.73 Å². The third kappa shape index (κ3) is 2.29. The number of unbranched alkanes of at least 4 members (excludes halogenated alkanes) is 1. The van der Waals surface area contributed by atoms with E-state index in [0.29, 0.717) is 5.54 Å². The molecule has 0 saturated heterocycles. The molecule has 1 atom stereocenters. The quantitative estimate of drug-likeness (QED) is 0.680. The van der Waals surface area contributed by atoms with Crippen molar-refractivity contribution in [3.63, 3.8) is 0 Å². The van der Waals surface area contributed by atoms with E-state index in [2.05, 4.69) is 25.8 Å². The first-order valence-electron chi connectivity index (χ1n) is 6.12. The number of nitrogens with two attached hydrogens (primary N) is 1. The summed E-state index contributed by atoms with van der Waals surface area (Å²) in [6.45, 7) is 6.57. The zero-order valence-corrected chi connectivity index (χ0v) is 10.1. The zero-order valence-electron chi connectivity index (χ0n) is 10.1. The predicted molar refractivity (Wildman–Crippen MR) is 62.3 cm³/mol. The first-order valence-corrected chi connectivity index (χ1v) is 6.12. The molecule has 0 aromatic carbocycles. The van der Waals surface area contributed by atoms with Crippen LogP contribution in [0.25, 0.3) is 0 Å². The van der Waals surface area contributed by atoms with Crippen LogP contribution in [0.2, 0.25) is 0 Å². The molecule has 0 aromatic heterocycles. The fourth-order valence-electron chi connectivity index (χ4n) is 2.58. The Hall–Kier alpha value is -0.0800. The van der Waals surface area contributed by atoms with Crippen LogP contribution in [0.5, 0.6) is 0 Å². The van der Waals surface area contributed by atoms with Gasteiger partial charge in [0.15, 0.2) is 0 Å². The molecule has 14 heavy (non-hydrogen) atoms. The average molecular weight is 198 g/mol. The summed E-state index contributed by atoms with van der Waals surface area (Å²) in [7, 11) is 2.25. The van der Waals surface area contributed by atoms with Crippen molar-refractivity contribution in [1.29, 1.82) is 0 Å². The molecule has 0 radical (unpaired) electrons. The molecule has 1 fully saturated rings. The van der Waals surface area contributed by atoms with E-state index in [1.54, 1.807) is 0 Å². The molecule has 1 saturated carbocycles. The van der Waals surface area contributed by atoms with Crippen LogP contribution in [0.15, 0.2) is 0 Å². The van der Waals surface area contributed by atoms with E-state index < -0.39 is 0 Å². The molecule has 1 aliphatic carbocycles. The van der Waals surface area contributed by atoms with E-state index >= 15 is 0 Å². The summed E-state index contributed by atoms with van der Waals surface area (Å²) in [4.78, 5) is 2.52. The van der Waals surface area contributed by atoms with Crippen molar-refractivity contribution < 1.29 is 0 Å². The molecule has 2 heteroatoms. The van der Waals surface area contributed by atoms with Crippen molar-refractivity contribution in [2.75, 3.05) is 20.1 Å². The Labute approximate surface area is 88.8 Å². The maximum Gasteiger partial charge on any atom is 0.0354 e. The van der Waals surface area contributed by atoms with Crippen LogP contribution in [0.1, 0.15) is 46.0 Å². The lowest BCUT2D eigenvalue weighted by Crippen LogP contribution is -2.53. The smallest absolute Gasteiger partial charge is 0.0354 e. The third-order valence-corrected chi connectivity index (χ3v) is 3.91. The lowest BCUT2D eigenvalue weighted by molar-refractivity contribution is 0.0951. The van der Waals surface area contributed by atoms with Gasteiger partial charge in [0.2, 0.25) is 0 Å². The Kier molecular flexibility index (Phi) is 4.39. The fraction of sp³-hybridized carbons (Fsp3) is 1.00. The van der Waals surface area contributed by atoms with E-state index in [1.807, 2.05) is 0 Å². The fourth-order valence-corrected chi connectivity index (χ4v) is 2.58. The molecule has 1 unspecified atom stereocenters. The molecule has 1 rings (SSSR count). The minimum atomic E-state index is 0.315. The molecule has 2 N–H and O–H groups in total. The van der Waals surface area contributed by atoms with Gasteiger partial charge in [0, 0.05) is 12.1 Å². The van der Waals surface area contributed by atoms with E-state index in [9.17, 15) is 0 Å². The SMILES string of the molecule is CCCCN(C)C(CC)(CN)C1CC1. The Balaban J connectivity index is 2.55. The van der Waals surface area contributed by atoms with Gasteiger partial charge in [-0.1, -0.05) is 20.3 Å². The topological polar surface area (TPSA) is 29.3 Å². The molecule has 2 nitrogen and oxygen atoms in total. The average Bonchev–Trinajstić information content (AvgIpc) is 3.02. The van der Waals surface area contributed by atoms with Gasteiger partial charge in [-0.25, -0.2) is 0 Å². The highest BCUT2D eigenvalue weighted by atomic mass is 15.2. The van der Waals surface area contributed by atoms with Crippen LogP contribution in [0.4, 0.5) is 0 Å². The number of hydrogen-bond acceptors (Lipinski definition) is 2. The van der Waals surface area contributed by atoms with Gasteiger partial charge in [-0.2, -0.15) is 0 Å². The monoisotopic (exact) mass is 198 g/mol. The second-order valence-electron chi connectivity index (χ2n) is 4.71. The van der Waals surface area contributed by atoms with Gasteiger partial charge >= 0.3 is 0 Å². The van der Waals surface area contributed by atoms with Crippen molar-refractivity contribution >= 4 is 0 Å². The van der Waals surface area contributed by atoms with E-state index in [1.165, 1.54) is 38.6 Å². The molecule has 0 bridgehead atoms. The van der Waals surface area contributed by atoms with E-state index in [-0.39, 0.29) is 0 Å². The number of likely N-dealkylation sites (N-methyl/N-ethyl adjacent to an activating group) is 1. The molecule has 0 amide bonds. The normalized spacial score (nSPS) is 21.2. The maximum absolute atomic E-state index is 5.99. The Morgan fingerprint density at radius 1 is 1.36 bits per heavy atom. The van der Waals surface area contributed by atoms with Crippen LogP contribution >= 0.6 is 0 Å². The highest BCUT2D eigenvalue weighted by Gasteiger charge is 2.45. The minimum absolute atomic E-state index is 0.315. The number of rotatable bonds is 7. The predicted octanol–water partition coefficient (Wildman–Crippen LogP) is 2.24. The van der Waals surface area contributed by atoms with Crippen LogP contribution in [0, 0.1) is 5.92 Å². The Bertz CT molecular complexity index is 160. The molecular weight excluding hydrogens is 172 g/mol. The second-order valence-corrected chi connectivity index (χ2v) is 4.71. The van der Waals surface area contributed by atoms with Crippen molar-refractivity contribution in [2.24, 2.45) is 11.7 Å². The summed E-state index contributed by atoms with van der Waals surface area (Å²) < 4.78 is 0. The summed E-state index contributed by atoms with van der Waals surface area (Å²) in [5.74, 6) is 0.874. The van der Waals surface area contributed by atoms with Crippen LogP contribution in [-0.2, 0) is 0 Å². The summed E-state index contributed by atoms with van der Waals surface area (Å²) in [6.07, 6.45) is 6.56. The third-order valence-electron chi connectivity index (χ3n) is 3.91. The van der Waals surface area contributed by atoms with Gasteiger partial charge in [0.1, 0.15) is 0 Å². The number of hydrogen-bond donors (Lipinski definition) is 1. The van der Waals surface area contributed by atoms with Gasteiger partial charge in [-0.05, 0) is 45.2 Å². The Morgan fingerprint density at radius 3 is 2.36 bits per heavy atom. The van der Waals surface area contributed by atoms with Crippen molar-refractivity contribution in [3.8, 4) is 0 Å². The van der Waals surface area contributed by atoms with Crippen LogP contribution in [-0.4, -0.2) is 30.6 Å².